The number of hydrogen-bond acceptors (Lipinski definition) is 3. The van der Waals surface area contributed by atoms with Gasteiger partial charge >= 0.3 is 0 Å². The third-order valence-electron chi connectivity index (χ3n) is 3.74. The van der Waals surface area contributed by atoms with Crippen LogP contribution in [0.15, 0.2) is 42.5 Å². The zero-order chi connectivity index (χ0) is 16.8. The van der Waals surface area contributed by atoms with Crippen molar-refractivity contribution in [2.24, 2.45) is 0 Å². The van der Waals surface area contributed by atoms with Gasteiger partial charge in [-0.2, -0.15) is 5.26 Å². The van der Waals surface area contributed by atoms with Crippen LogP contribution in [-0.2, 0) is 11.2 Å². The van der Waals surface area contributed by atoms with E-state index in [-0.39, 0.29) is 11.9 Å². The summed E-state index contributed by atoms with van der Waals surface area (Å²) in [5, 5.41) is 14.8. The molecule has 2 N–H and O–H groups in total. The Hall–Kier alpha value is -2.80. The first-order valence-electron chi connectivity index (χ1n) is 7.60. The van der Waals surface area contributed by atoms with E-state index in [1.165, 1.54) is 0 Å². The SMILES string of the molecule is Cc1cccc(C)c1NC(=O)C(C)Nc1ccc(CC#N)cc1. The highest BCUT2D eigenvalue weighted by atomic mass is 16.2. The van der Waals surface area contributed by atoms with Crippen LogP contribution in [0.3, 0.4) is 0 Å². The number of carbonyl (C=O) groups excluding carboxylic acids is 1. The molecule has 118 valence electrons. The molecule has 2 aromatic carbocycles. The summed E-state index contributed by atoms with van der Waals surface area (Å²) in [6.07, 6.45) is 0.392. The Kier molecular flexibility index (Phi) is 5.37. The first-order chi connectivity index (χ1) is 11.0. The van der Waals surface area contributed by atoms with Gasteiger partial charge in [-0.1, -0.05) is 30.3 Å². The lowest BCUT2D eigenvalue weighted by atomic mass is 10.1. The minimum absolute atomic E-state index is 0.0801. The molecule has 0 saturated heterocycles. The number of carbonyl (C=O) groups is 1. The monoisotopic (exact) mass is 307 g/mol. The van der Waals surface area contributed by atoms with Crippen molar-refractivity contribution in [3.8, 4) is 6.07 Å². The summed E-state index contributed by atoms with van der Waals surface area (Å²) >= 11 is 0. The number of aryl methyl sites for hydroxylation is 2. The third kappa shape index (κ3) is 4.33. The van der Waals surface area contributed by atoms with Crippen LogP contribution in [0.25, 0.3) is 0 Å². The summed E-state index contributed by atoms with van der Waals surface area (Å²) in [4.78, 5) is 12.4. The number of amides is 1. The number of nitriles is 1. The molecule has 0 fully saturated rings. The smallest absolute Gasteiger partial charge is 0.246 e. The number of nitrogens with one attached hydrogen (secondary N) is 2. The lowest BCUT2D eigenvalue weighted by Crippen LogP contribution is -2.32. The maximum atomic E-state index is 12.4. The van der Waals surface area contributed by atoms with Crippen LogP contribution in [0.1, 0.15) is 23.6 Å². The van der Waals surface area contributed by atoms with Crippen LogP contribution < -0.4 is 10.6 Å². The largest absolute Gasteiger partial charge is 0.374 e. The highest BCUT2D eigenvalue weighted by Crippen LogP contribution is 2.20. The van der Waals surface area contributed by atoms with Crippen LogP contribution in [0, 0.1) is 25.2 Å². The molecule has 4 heteroatoms. The number of nitrogens with zero attached hydrogens (tertiary/aromatic N) is 1. The second-order valence-electron chi connectivity index (χ2n) is 5.65. The molecule has 0 spiro atoms. The van der Waals surface area contributed by atoms with E-state index in [0.29, 0.717) is 6.42 Å². The van der Waals surface area contributed by atoms with Crippen LogP contribution in [0.4, 0.5) is 11.4 Å². The van der Waals surface area contributed by atoms with Crippen LogP contribution in [0.2, 0.25) is 0 Å². The first-order valence-corrected chi connectivity index (χ1v) is 7.60. The molecule has 0 aromatic heterocycles. The fourth-order valence-corrected chi connectivity index (χ4v) is 2.37. The molecule has 0 radical (unpaired) electrons. The van der Waals surface area contributed by atoms with Gasteiger partial charge in [0.2, 0.25) is 5.91 Å². The Labute approximate surface area is 137 Å². The Balaban J connectivity index is 2.01. The van der Waals surface area contributed by atoms with Crippen molar-refractivity contribution in [3.63, 3.8) is 0 Å². The van der Waals surface area contributed by atoms with Gasteiger partial charge in [-0.25, -0.2) is 0 Å². The van der Waals surface area contributed by atoms with E-state index in [1.54, 1.807) is 0 Å². The van der Waals surface area contributed by atoms with Gasteiger partial charge in [0.05, 0.1) is 12.5 Å². The maximum absolute atomic E-state index is 12.4. The van der Waals surface area contributed by atoms with Gasteiger partial charge in [0, 0.05) is 11.4 Å². The number of para-hydroxylation sites is 1. The Morgan fingerprint density at radius 1 is 1.13 bits per heavy atom. The molecule has 1 amide bonds. The molecule has 1 unspecified atom stereocenters. The summed E-state index contributed by atoms with van der Waals surface area (Å²) in [6.45, 7) is 5.79. The van der Waals surface area contributed by atoms with Gasteiger partial charge < -0.3 is 10.6 Å². The maximum Gasteiger partial charge on any atom is 0.246 e. The summed E-state index contributed by atoms with van der Waals surface area (Å²) < 4.78 is 0. The fourth-order valence-electron chi connectivity index (χ4n) is 2.37. The van der Waals surface area contributed by atoms with E-state index in [9.17, 15) is 4.79 Å². The van der Waals surface area contributed by atoms with Crippen molar-refractivity contribution in [3.05, 3.63) is 59.2 Å². The number of rotatable bonds is 5. The number of benzene rings is 2. The van der Waals surface area contributed by atoms with Gasteiger partial charge in [-0.15, -0.1) is 0 Å². The molecule has 2 aromatic rings. The molecular formula is C19H21N3O. The molecule has 1 atom stereocenters. The van der Waals surface area contributed by atoms with E-state index < -0.39 is 0 Å². The molecule has 0 bridgehead atoms. The van der Waals surface area contributed by atoms with E-state index in [4.69, 9.17) is 5.26 Å². The van der Waals surface area contributed by atoms with E-state index in [1.807, 2.05) is 63.2 Å². The Bertz CT molecular complexity index is 709. The molecule has 0 aliphatic heterocycles. The van der Waals surface area contributed by atoms with Crippen molar-refractivity contribution in [1.82, 2.24) is 0 Å². The van der Waals surface area contributed by atoms with Crippen LogP contribution in [-0.4, -0.2) is 11.9 Å². The molecule has 4 nitrogen and oxygen atoms in total. The van der Waals surface area contributed by atoms with Crippen molar-refractivity contribution < 1.29 is 4.79 Å². The summed E-state index contributed by atoms with van der Waals surface area (Å²) in [6, 6.07) is 15.2. The van der Waals surface area contributed by atoms with Gasteiger partial charge in [0.1, 0.15) is 6.04 Å². The van der Waals surface area contributed by atoms with Gasteiger partial charge in [0.15, 0.2) is 0 Å². The third-order valence-corrected chi connectivity index (χ3v) is 3.74. The fraction of sp³-hybridized carbons (Fsp3) is 0.263. The second-order valence-corrected chi connectivity index (χ2v) is 5.65. The lowest BCUT2D eigenvalue weighted by Gasteiger charge is -2.17. The Morgan fingerprint density at radius 3 is 2.30 bits per heavy atom. The predicted molar refractivity (Wildman–Crippen MR) is 93.4 cm³/mol. The number of anilines is 2. The zero-order valence-electron chi connectivity index (χ0n) is 13.7. The molecule has 23 heavy (non-hydrogen) atoms. The topological polar surface area (TPSA) is 64.9 Å². The Morgan fingerprint density at radius 2 is 1.74 bits per heavy atom. The van der Waals surface area contributed by atoms with Crippen LogP contribution >= 0.6 is 0 Å². The highest BCUT2D eigenvalue weighted by Gasteiger charge is 2.14. The van der Waals surface area contributed by atoms with E-state index in [2.05, 4.69) is 16.7 Å². The molecular weight excluding hydrogens is 286 g/mol. The van der Waals surface area contributed by atoms with E-state index >= 15 is 0 Å². The normalized spacial score (nSPS) is 11.4. The van der Waals surface area contributed by atoms with Gasteiger partial charge in [-0.3, -0.25) is 4.79 Å². The van der Waals surface area contributed by atoms with Crippen molar-refractivity contribution in [2.75, 3.05) is 10.6 Å². The second kappa shape index (κ2) is 7.46. The average molecular weight is 307 g/mol. The highest BCUT2D eigenvalue weighted by molar-refractivity contribution is 5.97. The summed E-state index contributed by atoms with van der Waals surface area (Å²) in [5.74, 6) is -0.0801. The van der Waals surface area contributed by atoms with Gasteiger partial charge in [-0.05, 0) is 49.6 Å². The zero-order valence-corrected chi connectivity index (χ0v) is 13.7. The van der Waals surface area contributed by atoms with Crippen LogP contribution in [0.5, 0.6) is 0 Å². The van der Waals surface area contributed by atoms with Crippen molar-refractivity contribution in [1.29, 1.82) is 5.26 Å². The lowest BCUT2D eigenvalue weighted by molar-refractivity contribution is -0.116. The quantitative estimate of drug-likeness (QED) is 0.883. The summed E-state index contributed by atoms with van der Waals surface area (Å²) in [7, 11) is 0. The van der Waals surface area contributed by atoms with E-state index in [0.717, 1.165) is 28.1 Å². The first kappa shape index (κ1) is 16.6. The average Bonchev–Trinajstić information content (AvgIpc) is 2.53. The molecule has 2 rings (SSSR count). The standard InChI is InChI=1S/C19H21N3O/c1-13-5-4-6-14(2)18(13)22-19(23)15(3)21-17-9-7-16(8-10-17)11-12-20/h4-10,15,21H,11H2,1-3H3,(H,22,23). The molecule has 0 aliphatic rings. The minimum Gasteiger partial charge on any atom is -0.374 e. The van der Waals surface area contributed by atoms with Gasteiger partial charge in [0.25, 0.3) is 0 Å². The molecule has 0 aliphatic carbocycles. The van der Waals surface area contributed by atoms with Crippen molar-refractivity contribution >= 4 is 17.3 Å². The van der Waals surface area contributed by atoms with Crippen molar-refractivity contribution in [2.45, 2.75) is 33.2 Å². The predicted octanol–water partition coefficient (Wildman–Crippen LogP) is 3.81. The summed E-state index contributed by atoms with van der Waals surface area (Å²) in [5.41, 5.74) is 4.79. The minimum atomic E-state index is -0.365. The molecule has 0 heterocycles. The number of hydrogen-bond donors (Lipinski definition) is 2. The molecule has 0 saturated carbocycles.